The number of likely N-dealkylation sites (tertiary alicyclic amines) is 1. The first-order valence-electron chi connectivity index (χ1n) is 7.98. The number of aryl methyl sites for hydroxylation is 1. The van der Waals surface area contributed by atoms with Gasteiger partial charge in [0.2, 0.25) is 0 Å². The first-order valence-corrected chi connectivity index (χ1v) is 7.98. The summed E-state index contributed by atoms with van der Waals surface area (Å²) in [6.45, 7) is 2.54. The Kier molecular flexibility index (Phi) is 4.81. The van der Waals surface area contributed by atoms with Crippen LogP contribution in [0.4, 0.5) is 13.2 Å². The Hall–Kier alpha value is -2.01. The lowest BCUT2D eigenvalue weighted by Crippen LogP contribution is -2.25. The van der Waals surface area contributed by atoms with Crippen LogP contribution in [-0.2, 0) is 13.2 Å². The number of hydrogen-bond donors (Lipinski definition) is 0. The third-order valence-corrected chi connectivity index (χ3v) is 4.16. The maximum absolute atomic E-state index is 14.2. The summed E-state index contributed by atoms with van der Waals surface area (Å²) in [6, 6.07) is 12.5. The molecule has 1 aliphatic rings. The van der Waals surface area contributed by atoms with Gasteiger partial charge in [0, 0.05) is 31.1 Å². The topological polar surface area (TPSA) is 12.5 Å². The van der Waals surface area contributed by atoms with Gasteiger partial charge in [-0.15, -0.1) is 0 Å². The molecule has 0 aliphatic carbocycles. The van der Waals surface area contributed by atoms with Gasteiger partial charge in [0.1, 0.15) is 18.2 Å². The first kappa shape index (κ1) is 16.8. The Bertz CT molecular complexity index is 718. The average Bonchev–Trinajstić information content (AvgIpc) is 2.87. The van der Waals surface area contributed by atoms with Crippen LogP contribution < -0.4 is 4.74 Å². The van der Waals surface area contributed by atoms with Gasteiger partial charge in [-0.2, -0.15) is 0 Å². The smallest absolute Gasteiger partial charge is 0.261 e. The summed E-state index contributed by atoms with van der Waals surface area (Å²) in [4.78, 5) is 1.58. The summed E-state index contributed by atoms with van der Waals surface area (Å²) in [6.07, 6.45) is -0.160. The molecule has 2 nitrogen and oxygen atoms in total. The van der Waals surface area contributed by atoms with E-state index < -0.39 is 11.7 Å². The number of benzene rings is 2. The molecule has 1 aliphatic heterocycles. The minimum absolute atomic E-state index is 0.160. The molecule has 2 aromatic rings. The summed E-state index contributed by atoms with van der Waals surface area (Å²) in [5, 5.41) is 0. The summed E-state index contributed by atoms with van der Waals surface area (Å²) in [5.41, 5.74) is 2.56. The van der Waals surface area contributed by atoms with E-state index in [1.54, 1.807) is 17.0 Å². The highest BCUT2D eigenvalue weighted by Crippen LogP contribution is 2.28. The fourth-order valence-corrected chi connectivity index (χ4v) is 2.90. The molecule has 0 N–H and O–H groups in total. The van der Waals surface area contributed by atoms with E-state index in [4.69, 9.17) is 4.74 Å². The molecule has 3 rings (SSSR count). The van der Waals surface area contributed by atoms with Crippen LogP contribution >= 0.6 is 0 Å². The standard InChI is InChI=1S/C19H20F3NO/c1-14-3-2-4-15(9-14)12-24-17-6-5-16(18(20)10-17)11-23-8-7-19(21,22)13-23/h2-6,9-10H,7-8,11-13H2,1H3. The van der Waals surface area contributed by atoms with Crippen LogP contribution in [0.3, 0.4) is 0 Å². The zero-order valence-electron chi connectivity index (χ0n) is 13.6. The van der Waals surface area contributed by atoms with E-state index in [0.717, 1.165) is 11.1 Å². The van der Waals surface area contributed by atoms with Gasteiger partial charge in [0.15, 0.2) is 0 Å². The van der Waals surface area contributed by atoms with Crippen molar-refractivity contribution in [3.63, 3.8) is 0 Å². The molecule has 5 heteroatoms. The fourth-order valence-electron chi connectivity index (χ4n) is 2.90. The largest absolute Gasteiger partial charge is 0.489 e. The molecule has 0 bridgehead atoms. The molecular weight excluding hydrogens is 315 g/mol. The van der Waals surface area contributed by atoms with Gasteiger partial charge in [0.25, 0.3) is 5.92 Å². The summed E-state index contributed by atoms with van der Waals surface area (Å²) in [7, 11) is 0. The number of alkyl halides is 2. The lowest BCUT2D eigenvalue weighted by molar-refractivity contribution is 0.0114. The van der Waals surface area contributed by atoms with Crippen LogP contribution in [0, 0.1) is 12.7 Å². The molecule has 2 aromatic carbocycles. The number of rotatable bonds is 5. The molecule has 0 saturated carbocycles. The molecule has 0 atom stereocenters. The van der Waals surface area contributed by atoms with Crippen molar-refractivity contribution in [1.82, 2.24) is 4.90 Å². The molecule has 24 heavy (non-hydrogen) atoms. The molecule has 0 unspecified atom stereocenters. The van der Waals surface area contributed by atoms with E-state index in [2.05, 4.69) is 0 Å². The van der Waals surface area contributed by atoms with Crippen molar-refractivity contribution in [2.24, 2.45) is 0 Å². The number of hydrogen-bond acceptors (Lipinski definition) is 2. The predicted octanol–water partition coefficient (Wildman–Crippen LogP) is 4.55. The highest BCUT2D eigenvalue weighted by atomic mass is 19.3. The third kappa shape index (κ3) is 4.29. The highest BCUT2D eigenvalue weighted by molar-refractivity contribution is 5.30. The Morgan fingerprint density at radius 2 is 2.00 bits per heavy atom. The van der Waals surface area contributed by atoms with Crippen LogP contribution in [0.2, 0.25) is 0 Å². The monoisotopic (exact) mass is 335 g/mol. The van der Waals surface area contributed by atoms with Crippen LogP contribution in [0.5, 0.6) is 5.75 Å². The molecule has 1 saturated heterocycles. The van der Waals surface area contributed by atoms with Crippen LogP contribution in [0.1, 0.15) is 23.1 Å². The second-order valence-corrected chi connectivity index (χ2v) is 6.35. The van der Waals surface area contributed by atoms with Crippen LogP contribution in [-0.4, -0.2) is 23.9 Å². The summed E-state index contributed by atoms with van der Waals surface area (Å²) >= 11 is 0. The molecule has 0 spiro atoms. The second kappa shape index (κ2) is 6.85. The maximum Gasteiger partial charge on any atom is 0.261 e. The second-order valence-electron chi connectivity index (χ2n) is 6.35. The highest BCUT2D eigenvalue weighted by Gasteiger charge is 2.38. The van der Waals surface area contributed by atoms with E-state index in [0.29, 0.717) is 17.9 Å². The van der Waals surface area contributed by atoms with Gasteiger partial charge < -0.3 is 4.74 Å². The molecule has 0 aromatic heterocycles. The van der Waals surface area contributed by atoms with Crippen molar-refractivity contribution < 1.29 is 17.9 Å². The Morgan fingerprint density at radius 3 is 2.67 bits per heavy atom. The van der Waals surface area contributed by atoms with Crippen molar-refractivity contribution in [1.29, 1.82) is 0 Å². The minimum Gasteiger partial charge on any atom is -0.489 e. The van der Waals surface area contributed by atoms with Crippen LogP contribution in [0.15, 0.2) is 42.5 Å². The van der Waals surface area contributed by atoms with Crippen LogP contribution in [0.25, 0.3) is 0 Å². The number of nitrogens with zero attached hydrogens (tertiary/aromatic N) is 1. The zero-order valence-corrected chi connectivity index (χ0v) is 13.6. The predicted molar refractivity (Wildman–Crippen MR) is 86.8 cm³/mol. The van der Waals surface area contributed by atoms with E-state index in [9.17, 15) is 13.2 Å². The van der Waals surface area contributed by atoms with Crippen molar-refractivity contribution in [2.45, 2.75) is 32.4 Å². The van der Waals surface area contributed by atoms with Crippen molar-refractivity contribution in [3.05, 3.63) is 65.0 Å². The van der Waals surface area contributed by atoms with Gasteiger partial charge in [0.05, 0.1) is 6.54 Å². The van der Waals surface area contributed by atoms with Gasteiger partial charge >= 0.3 is 0 Å². The van der Waals surface area contributed by atoms with E-state index >= 15 is 0 Å². The lowest BCUT2D eigenvalue weighted by atomic mass is 10.1. The molecule has 128 valence electrons. The fraction of sp³-hybridized carbons (Fsp3) is 0.368. The quantitative estimate of drug-likeness (QED) is 0.794. The Morgan fingerprint density at radius 1 is 1.17 bits per heavy atom. The van der Waals surface area contributed by atoms with E-state index in [-0.39, 0.29) is 26.1 Å². The number of halogens is 3. The summed E-state index contributed by atoms with van der Waals surface area (Å²) < 4.78 is 46.2. The SMILES string of the molecule is Cc1cccc(COc2ccc(CN3CCC(F)(F)C3)c(F)c2)c1. The Balaban J connectivity index is 1.60. The molecule has 0 radical (unpaired) electrons. The van der Waals surface area contributed by atoms with E-state index in [1.807, 2.05) is 31.2 Å². The van der Waals surface area contributed by atoms with Crippen molar-refractivity contribution >= 4 is 0 Å². The number of ether oxygens (including phenoxy) is 1. The molecule has 1 fully saturated rings. The molecule has 0 amide bonds. The summed E-state index contributed by atoms with van der Waals surface area (Å²) in [5.74, 6) is -2.65. The van der Waals surface area contributed by atoms with Gasteiger partial charge in [-0.1, -0.05) is 35.9 Å². The van der Waals surface area contributed by atoms with Gasteiger partial charge in [-0.3, -0.25) is 4.90 Å². The molecule has 1 heterocycles. The normalized spacial score (nSPS) is 17.2. The van der Waals surface area contributed by atoms with Gasteiger partial charge in [-0.25, -0.2) is 13.2 Å². The maximum atomic E-state index is 14.2. The van der Waals surface area contributed by atoms with Crippen molar-refractivity contribution in [3.8, 4) is 5.75 Å². The zero-order chi connectivity index (χ0) is 17.2. The van der Waals surface area contributed by atoms with Crippen molar-refractivity contribution in [2.75, 3.05) is 13.1 Å². The minimum atomic E-state index is -2.66. The lowest BCUT2D eigenvalue weighted by Gasteiger charge is -2.16. The third-order valence-electron chi connectivity index (χ3n) is 4.16. The average molecular weight is 335 g/mol. The van der Waals surface area contributed by atoms with E-state index in [1.165, 1.54) is 6.07 Å². The van der Waals surface area contributed by atoms with Gasteiger partial charge in [-0.05, 0) is 18.6 Å². The first-order chi connectivity index (χ1) is 11.4. The molecular formula is C19H20F3NO. The Labute approximate surface area is 139 Å².